The minimum absolute atomic E-state index is 0.0197. The molecule has 3 aromatic rings. The molecule has 6 nitrogen and oxygen atoms in total. The van der Waals surface area contributed by atoms with Crippen molar-refractivity contribution in [3.8, 4) is 11.6 Å². The van der Waals surface area contributed by atoms with Crippen LogP contribution in [0.5, 0.6) is 0 Å². The summed E-state index contributed by atoms with van der Waals surface area (Å²) in [5, 5.41) is 9.31. The van der Waals surface area contributed by atoms with Crippen LogP contribution in [0.1, 0.15) is 29.9 Å². The average molecular weight is 415 g/mol. The molecule has 4 rings (SSSR count). The molecule has 0 amide bonds. The highest BCUT2D eigenvalue weighted by atomic mass is 19.4. The predicted octanol–water partition coefficient (Wildman–Crippen LogP) is 4.67. The number of alkyl halides is 6. The van der Waals surface area contributed by atoms with Gasteiger partial charge in [0.05, 0.1) is 11.1 Å². The number of hydrogen-bond donors (Lipinski definition) is 1. The highest BCUT2D eigenvalue weighted by molar-refractivity contribution is 5.50. The number of halogens is 6. The number of benzene rings is 1. The molecule has 1 aliphatic rings. The summed E-state index contributed by atoms with van der Waals surface area (Å²) in [6, 6.07) is 6.04. The highest BCUT2D eigenvalue weighted by Crippen LogP contribution is 2.48. The normalized spacial score (nSPS) is 15.9. The molecule has 2 aromatic heterocycles. The van der Waals surface area contributed by atoms with E-state index in [4.69, 9.17) is 0 Å². The van der Waals surface area contributed by atoms with Gasteiger partial charge < -0.3 is 9.73 Å². The second-order valence-corrected chi connectivity index (χ2v) is 6.46. The minimum atomic E-state index is -4.78. The van der Waals surface area contributed by atoms with Gasteiger partial charge in [-0.2, -0.15) is 26.3 Å². The van der Waals surface area contributed by atoms with Crippen molar-refractivity contribution in [1.82, 2.24) is 20.2 Å². The van der Waals surface area contributed by atoms with Crippen LogP contribution in [0.4, 0.5) is 32.3 Å². The van der Waals surface area contributed by atoms with Gasteiger partial charge in [0.2, 0.25) is 5.95 Å². The third kappa shape index (κ3) is 3.87. The lowest BCUT2D eigenvalue weighted by atomic mass is 10.0. The highest BCUT2D eigenvalue weighted by Gasteiger charge is 2.45. The second kappa shape index (κ2) is 6.42. The van der Waals surface area contributed by atoms with Crippen LogP contribution >= 0.6 is 0 Å². The topological polar surface area (TPSA) is 76.7 Å². The number of nitrogens with zero attached hydrogens (tertiary/aromatic N) is 4. The monoisotopic (exact) mass is 415 g/mol. The molecule has 0 unspecified atom stereocenters. The molecular weight excluding hydrogens is 404 g/mol. The van der Waals surface area contributed by atoms with Crippen molar-refractivity contribution < 1.29 is 30.8 Å². The van der Waals surface area contributed by atoms with Crippen LogP contribution in [0.3, 0.4) is 0 Å². The Bertz CT molecular complexity index is 1020. The van der Waals surface area contributed by atoms with Crippen molar-refractivity contribution >= 4 is 5.95 Å². The Hall–Kier alpha value is -3.18. The fourth-order valence-corrected chi connectivity index (χ4v) is 2.78. The van der Waals surface area contributed by atoms with Gasteiger partial charge in [0.25, 0.3) is 5.89 Å². The first-order valence-electron chi connectivity index (χ1n) is 8.27. The Kier molecular flexibility index (Phi) is 4.24. The molecular formula is C17H11F6N5O. The fourth-order valence-electron chi connectivity index (χ4n) is 2.78. The Morgan fingerprint density at radius 1 is 0.897 bits per heavy atom. The van der Waals surface area contributed by atoms with Gasteiger partial charge >= 0.3 is 18.2 Å². The first-order valence-corrected chi connectivity index (χ1v) is 8.27. The van der Waals surface area contributed by atoms with Gasteiger partial charge in [-0.15, -0.1) is 10.2 Å². The molecule has 1 N–H and O–H groups in total. The first-order chi connectivity index (χ1) is 13.6. The third-order valence-corrected chi connectivity index (χ3v) is 4.41. The molecule has 2 heterocycles. The van der Waals surface area contributed by atoms with Crippen LogP contribution in [0, 0.1) is 0 Å². The summed E-state index contributed by atoms with van der Waals surface area (Å²) in [4.78, 5) is 8.09. The molecule has 1 aliphatic carbocycles. The Morgan fingerprint density at radius 3 is 2.14 bits per heavy atom. The molecule has 1 saturated carbocycles. The molecule has 0 bridgehead atoms. The van der Waals surface area contributed by atoms with E-state index in [1.165, 1.54) is 24.4 Å². The van der Waals surface area contributed by atoms with Crippen molar-refractivity contribution in [1.29, 1.82) is 0 Å². The summed E-state index contributed by atoms with van der Waals surface area (Å²) < 4.78 is 80.6. The summed E-state index contributed by atoms with van der Waals surface area (Å²) in [6.45, 7) is 0. The van der Waals surface area contributed by atoms with E-state index in [2.05, 4.69) is 29.9 Å². The molecule has 0 atom stereocenters. The van der Waals surface area contributed by atoms with Crippen LogP contribution in [-0.2, 0) is 17.9 Å². The largest absolute Gasteiger partial charge is 0.470 e. The van der Waals surface area contributed by atoms with Gasteiger partial charge in [-0.25, -0.2) is 9.97 Å². The fraction of sp³-hybridized carbons (Fsp3) is 0.294. The summed E-state index contributed by atoms with van der Waals surface area (Å²) in [7, 11) is 0. The first kappa shape index (κ1) is 19.2. The molecule has 1 fully saturated rings. The number of hydrogen-bond acceptors (Lipinski definition) is 6. The standard InChI is InChI=1S/C17H11F6N5O/c18-16(19,20)10-3-1-9(2-4-10)15(6-7-15)26-14-24-8-5-11(25-14)12-27-28-13(29-12)17(21,22)23/h1-5,8H,6-7H2,(H,24,25,26). The van der Waals surface area contributed by atoms with E-state index in [0.717, 1.165) is 12.1 Å². The van der Waals surface area contributed by atoms with Crippen molar-refractivity contribution in [2.45, 2.75) is 30.7 Å². The van der Waals surface area contributed by atoms with E-state index in [-0.39, 0.29) is 11.6 Å². The van der Waals surface area contributed by atoms with Crippen molar-refractivity contribution in [2.75, 3.05) is 5.32 Å². The lowest BCUT2D eigenvalue weighted by molar-refractivity contribution is -0.157. The van der Waals surface area contributed by atoms with Crippen LogP contribution < -0.4 is 5.32 Å². The van der Waals surface area contributed by atoms with E-state index >= 15 is 0 Å². The van der Waals surface area contributed by atoms with Crippen LogP contribution in [0.15, 0.2) is 40.9 Å². The van der Waals surface area contributed by atoms with Gasteiger partial charge in [-0.05, 0) is 36.6 Å². The molecule has 0 spiro atoms. The Balaban J connectivity index is 1.56. The number of aromatic nitrogens is 4. The van der Waals surface area contributed by atoms with Crippen LogP contribution in [0.2, 0.25) is 0 Å². The van der Waals surface area contributed by atoms with E-state index in [1.54, 1.807) is 0 Å². The van der Waals surface area contributed by atoms with Gasteiger partial charge in [0.1, 0.15) is 5.69 Å². The van der Waals surface area contributed by atoms with Crippen LogP contribution in [0.25, 0.3) is 11.6 Å². The Labute approximate surface area is 159 Å². The maximum atomic E-state index is 12.7. The number of anilines is 1. The zero-order valence-electron chi connectivity index (χ0n) is 14.3. The molecule has 12 heteroatoms. The van der Waals surface area contributed by atoms with Crippen molar-refractivity contribution in [3.63, 3.8) is 0 Å². The number of rotatable bonds is 4. The van der Waals surface area contributed by atoms with Gasteiger partial charge in [-0.1, -0.05) is 12.1 Å². The quantitative estimate of drug-likeness (QED) is 0.625. The smallest absolute Gasteiger partial charge is 0.411 e. The summed E-state index contributed by atoms with van der Waals surface area (Å²) in [5.41, 5.74) is -0.799. The zero-order chi connectivity index (χ0) is 20.9. The average Bonchev–Trinajstić information content (AvgIpc) is 3.24. The molecule has 1 aromatic carbocycles. The van der Waals surface area contributed by atoms with Crippen molar-refractivity contribution in [3.05, 3.63) is 53.5 Å². The predicted molar refractivity (Wildman–Crippen MR) is 86.3 cm³/mol. The molecule has 0 radical (unpaired) electrons. The lowest BCUT2D eigenvalue weighted by Gasteiger charge is -2.18. The molecule has 0 aliphatic heterocycles. The molecule has 0 saturated heterocycles. The summed E-state index contributed by atoms with van der Waals surface area (Å²) in [5.74, 6) is -1.85. The second-order valence-electron chi connectivity index (χ2n) is 6.46. The Morgan fingerprint density at radius 2 is 1.59 bits per heavy atom. The molecule has 152 valence electrons. The maximum absolute atomic E-state index is 12.7. The maximum Gasteiger partial charge on any atom is 0.470 e. The van der Waals surface area contributed by atoms with Gasteiger partial charge in [0.15, 0.2) is 0 Å². The van der Waals surface area contributed by atoms with E-state index in [1.807, 2.05) is 0 Å². The minimum Gasteiger partial charge on any atom is -0.411 e. The van der Waals surface area contributed by atoms with E-state index < -0.39 is 35.2 Å². The van der Waals surface area contributed by atoms with Crippen LogP contribution in [-0.4, -0.2) is 20.2 Å². The van der Waals surface area contributed by atoms with Gasteiger partial charge in [0, 0.05) is 6.20 Å². The summed E-state index contributed by atoms with van der Waals surface area (Å²) >= 11 is 0. The lowest BCUT2D eigenvalue weighted by Crippen LogP contribution is -2.20. The van der Waals surface area contributed by atoms with E-state index in [9.17, 15) is 26.3 Å². The SMILES string of the molecule is FC(F)(F)c1ccc(C2(Nc3nccc(-c4nnc(C(F)(F)F)o4)n3)CC2)cc1. The summed E-state index contributed by atoms with van der Waals surface area (Å²) in [6.07, 6.45) is -6.65. The zero-order valence-corrected chi connectivity index (χ0v) is 14.3. The van der Waals surface area contributed by atoms with Crippen molar-refractivity contribution in [2.24, 2.45) is 0 Å². The van der Waals surface area contributed by atoms with Gasteiger partial charge in [-0.3, -0.25) is 0 Å². The van der Waals surface area contributed by atoms with E-state index in [0.29, 0.717) is 18.4 Å². The third-order valence-electron chi connectivity index (χ3n) is 4.41. The molecule has 29 heavy (non-hydrogen) atoms. The number of nitrogens with one attached hydrogen (secondary N) is 1.